The zero-order chi connectivity index (χ0) is 36.8. The van der Waals surface area contributed by atoms with Gasteiger partial charge in [-0.25, -0.2) is 17.5 Å². The number of benzene rings is 6. The van der Waals surface area contributed by atoms with Crippen molar-refractivity contribution in [3.05, 3.63) is 197 Å². The van der Waals surface area contributed by atoms with Crippen LogP contribution in [0.25, 0.3) is 11.1 Å². The lowest BCUT2D eigenvalue weighted by Crippen LogP contribution is -2.41. The topological polar surface area (TPSA) is 83.5 Å². The van der Waals surface area contributed by atoms with Crippen LogP contribution in [0.5, 0.6) is 0 Å². The number of nitrogens with zero attached hydrogens (tertiary/aromatic N) is 1. The highest BCUT2D eigenvalue weighted by Gasteiger charge is 2.36. The molecule has 1 aliphatic carbocycles. The quantitative estimate of drug-likeness (QED) is 0.145. The van der Waals surface area contributed by atoms with Crippen LogP contribution in [-0.2, 0) is 40.6 Å². The van der Waals surface area contributed by atoms with E-state index in [9.17, 15) is 22.4 Å². The summed E-state index contributed by atoms with van der Waals surface area (Å²) in [7, 11) is -4.21. The Hall–Kier alpha value is -5.86. The van der Waals surface area contributed by atoms with Gasteiger partial charge in [0.25, 0.3) is 15.9 Å². The Kier molecular flexibility index (Phi) is 10.6. The standard InChI is InChI=1S/C45H39FN2O4S/c46-40-23-25-41(26-24-40)53(51,52)47-45(50)39-19-10-18-37(30-39)36-17-9-15-34(28-36)29-43(49)48(31-33-13-5-2-6-14-33)44-38(27-32-11-3-1-4-12-32)22-21-35-16-7-8-20-42(35)44/h1-20,23-26,28,30,38,44H,21-22,27,29,31H2,(H,47,50)/t38-,44-/m0/s1. The maximum atomic E-state index is 14.7. The minimum absolute atomic E-state index is 0.0184. The SMILES string of the molecule is O=C(NS(=O)(=O)c1ccc(F)cc1)c1cccc(-c2cccc(CC(=O)N(Cc3ccccc3)[C@@H]3c4ccccc4CC[C@H]3Cc3ccccc3)c2)c1. The second kappa shape index (κ2) is 15.8. The van der Waals surface area contributed by atoms with Gasteiger partial charge in [0.2, 0.25) is 5.91 Å². The van der Waals surface area contributed by atoms with Crippen LogP contribution in [0.15, 0.2) is 163 Å². The molecule has 266 valence electrons. The highest BCUT2D eigenvalue weighted by molar-refractivity contribution is 7.90. The number of fused-ring (bicyclic) bond motifs is 1. The summed E-state index contributed by atoms with van der Waals surface area (Å²) in [5.41, 5.74) is 7.24. The summed E-state index contributed by atoms with van der Waals surface area (Å²) in [6, 6.07) is 47.6. The molecule has 6 aromatic carbocycles. The number of sulfonamides is 1. The van der Waals surface area contributed by atoms with Crippen LogP contribution < -0.4 is 4.72 Å². The predicted molar refractivity (Wildman–Crippen MR) is 205 cm³/mol. The summed E-state index contributed by atoms with van der Waals surface area (Å²) in [6.07, 6.45) is 2.98. The largest absolute Gasteiger partial charge is 0.331 e. The molecule has 6 aromatic rings. The van der Waals surface area contributed by atoms with Gasteiger partial charge in [0.15, 0.2) is 0 Å². The highest BCUT2D eigenvalue weighted by Crippen LogP contribution is 2.41. The highest BCUT2D eigenvalue weighted by atomic mass is 32.2. The summed E-state index contributed by atoms with van der Waals surface area (Å²) >= 11 is 0. The molecule has 0 aromatic heterocycles. The van der Waals surface area contributed by atoms with Gasteiger partial charge in [-0.15, -0.1) is 0 Å². The number of carbonyl (C=O) groups is 2. The first-order chi connectivity index (χ1) is 25.7. The van der Waals surface area contributed by atoms with Crippen molar-refractivity contribution < 1.29 is 22.4 Å². The van der Waals surface area contributed by atoms with Crippen molar-refractivity contribution in [2.45, 2.75) is 43.2 Å². The zero-order valence-corrected chi connectivity index (χ0v) is 29.9. The average molecular weight is 723 g/mol. The molecule has 0 saturated heterocycles. The van der Waals surface area contributed by atoms with Gasteiger partial charge in [-0.3, -0.25) is 9.59 Å². The summed E-state index contributed by atoms with van der Waals surface area (Å²) in [5, 5.41) is 0. The number of aryl methyl sites for hydroxylation is 1. The van der Waals surface area contributed by atoms with E-state index in [1.54, 1.807) is 12.1 Å². The summed E-state index contributed by atoms with van der Waals surface area (Å²) in [4.78, 5) is 29.6. The van der Waals surface area contributed by atoms with Crippen LogP contribution in [0, 0.1) is 11.7 Å². The molecule has 0 fully saturated rings. The number of carbonyl (C=O) groups excluding carboxylic acids is 2. The van der Waals surface area contributed by atoms with Gasteiger partial charge in [0, 0.05) is 12.1 Å². The van der Waals surface area contributed by atoms with E-state index >= 15 is 0 Å². The smallest absolute Gasteiger partial charge is 0.265 e. The molecule has 0 bridgehead atoms. The molecule has 6 nitrogen and oxygen atoms in total. The Morgan fingerprint density at radius 3 is 2.04 bits per heavy atom. The number of rotatable bonds is 11. The van der Waals surface area contributed by atoms with Crippen molar-refractivity contribution in [3.63, 3.8) is 0 Å². The second-order valence-electron chi connectivity index (χ2n) is 13.5. The van der Waals surface area contributed by atoms with Gasteiger partial charge >= 0.3 is 0 Å². The molecule has 0 aliphatic heterocycles. The van der Waals surface area contributed by atoms with E-state index in [0.29, 0.717) is 12.1 Å². The lowest BCUT2D eigenvalue weighted by Gasteiger charge is -2.42. The van der Waals surface area contributed by atoms with E-state index in [1.807, 2.05) is 54.6 Å². The molecule has 2 amide bonds. The number of hydrogen-bond donors (Lipinski definition) is 1. The lowest BCUT2D eigenvalue weighted by atomic mass is 9.76. The van der Waals surface area contributed by atoms with Crippen molar-refractivity contribution >= 4 is 21.8 Å². The van der Waals surface area contributed by atoms with Gasteiger partial charge in [0.05, 0.1) is 17.4 Å². The predicted octanol–water partition coefficient (Wildman–Crippen LogP) is 8.73. The Labute approximate surface area is 310 Å². The van der Waals surface area contributed by atoms with E-state index in [0.717, 1.165) is 60.2 Å². The van der Waals surface area contributed by atoms with Crippen LogP contribution in [0.3, 0.4) is 0 Å². The van der Waals surface area contributed by atoms with E-state index in [2.05, 4.69) is 70.3 Å². The third-order valence-corrected chi connectivity index (χ3v) is 11.2. The molecular weight excluding hydrogens is 684 g/mol. The minimum Gasteiger partial charge on any atom is -0.331 e. The van der Waals surface area contributed by atoms with Crippen LogP contribution in [0.1, 0.15) is 50.6 Å². The van der Waals surface area contributed by atoms with Gasteiger partial charge in [-0.2, -0.15) is 0 Å². The van der Waals surface area contributed by atoms with Gasteiger partial charge < -0.3 is 4.90 Å². The monoisotopic (exact) mass is 722 g/mol. The fourth-order valence-electron chi connectivity index (χ4n) is 7.31. The molecule has 0 unspecified atom stereocenters. The van der Waals surface area contributed by atoms with Gasteiger partial charge in [-0.05, 0) is 101 Å². The summed E-state index contributed by atoms with van der Waals surface area (Å²) in [6.45, 7) is 0.474. The Morgan fingerprint density at radius 2 is 1.30 bits per heavy atom. The molecule has 0 spiro atoms. The maximum absolute atomic E-state index is 14.7. The molecule has 0 saturated carbocycles. The van der Waals surface area contributed by atoms with E-state index in [-0.39, 0.29) is 34.7 Å². The van der Waals surface area contributed by atoms with Gasteiger partial charge in [0.1, 0.15) is 5.82 Å². The fraction of sp³-hybridized carbons (Fsp3) is 0.156. The first kappa shape index (κ1) is 35.5. The Bertz CT molecular complexity index is 2330. The Morgan fingerprint density at radius 1 is 0.679 bits per heavy atom. The second-order valence-corrected chi connectivity index (χ2v) is 15.2. The Balaban J connectivity index is 1.16. The molecule has 7 rings (SSSR count). The molecule has 8 heteroatoms. The normalized spacial score (nSPS) is 15.3. The molecule has 1 aliphatic rings. The molecular formula is C45H39FN2O4S. The van der Waals surface area contributed by atoms with Crippen molar-refractivity contribution in [2.24, 2.45) is 5.92 Å². The third-order valence-electron chi connectivity index (χ3n) is 9.89. The first-order valence-corrected chi connectivity index (χ1v) is 19.2. The van der Waals surface area contributed by atoms with Crippen LogP contribution >= 0.6 is 0 Å². The number of hydrogen-bond acceptors (Lipinski definition) is 4. The number of amides is 2. The average Bonchev–Trinajstić information content (AvgIpc) is 3.18. The van der Waals surface area contributed by atoms with E-state index in [1.165, 1.54) is 22.8 Å². The van der Waals surface area contributed by atoms with Crippen LogP contribution in [0.4, 0.5) is 4.39 Å². The van der Waals surface area contributed by atoms with Gasteiger partial charge in [-0.1, -0.05) is 121 Å². The molecule has 0 heterocycles. The van der Waals surface area contributed by atoms with Crippen molar-refractivity contribution in [1.82, 2.24) is 9.62 Å². The maximum Gasteiger partial charge on any atom is 0.265 e. The lowest BCUT2D eigenvalue weighted by molar-refractivity contribution is -0.135. The van der Waals surface area contributed by atoms with Crippen molar-refractivity contribution in [3.8, 4) is 11.1 Å². The first-order valence-electron chi connectivity index (χ1n) is 17.7. The molecule has 1 N–H and O–H groups in total. The van der Waals surface area contributed by atoms with Crippen molar-refractivity contribution in [1.29, 1.82) is 0 Å². The fourth-order valence-corrected chi connectivity index (χ4v) is 8.28. The van der Waals surface area contributed by atoms with Crippen LogP contribution in [-0.4, -0.2) is 25.1 Å². The molecule has 53 heavy (non-hydrogen) atoms. The third kappa shape index (κ3) is 8.45. The number of nitrogens with one attached hydrogen (secondary N) is 1. The van der Waals surface area contributed by atoms with E-state index < -0.39 is 21.7 Å². The van der Waals surface area contributed by atoms with Crippen LogP contribution in [0.2, 0.25) is 0 Å². The van der Waals surface area contributed by atoms with E-state index in [4.69, 9.17) is 0 Å². The summed E-state index contributed by atoms with van der Waals surface area (Å²) in [5.74, 6) is -1.14. The zero-order valence-electron chi connectivity index (χ0n) is 29.1. The van der Waals surface area contributed by atoms with Crippen molar-refractivity contribution in [2.75, 3.05) is 0 Å². The number of halogens is 1. The molecule has 2 atom stereocenters. The minimum atomic E-state index is -4.21. The molecule has 0 radical (unpaired) electrons. The summed E-state index contributed by atoms with van der Waals surface area (Å²) < 4.78 is 41.0.